The van der Waals surface area contributed by atoms with E-state index in [1.165, 1.54) is 12.6 Å². The Morgan fingerprint density at radius 2 is 2.33 bits per heavy atom. The molecule has 0 aliphatic rings. The number of hydrogen-bond donors (Lipinski definition) is 2. The van der Waals surface area contributed by atoms with Gasteiger partial charge in [-0.1, -0.05) is 0 Å². The second-order valence-corrected chi connectivity index (χ2v) is 2.77. The number of carboxylic acids is 1. The van der Waals surface area contributed by atoms with Crippen LogP contribution in [0.15, 0.2) is 5.51 Å². The summed E-state index contributed by atoms with van der Waals surface area (Å²) in [6.07, 6.45) is 0. The Labute approximate surface area is 72.1 Å². The van der Waals surface area contributed by atoms with Crippen LogP contribution in [-0.2, 0) is 0 Å². The largest absolute Gasteiger partial charge is 0.476 e. The van der Waals surface area contributed by atoms with Gasteiger partial charge < -0.3 is 10.4 Å². The number of carboxylic acid groups (broad SMARTS) is 1. The molecule has 0 spiro atoms. The van der Waals surface area contributed by atoms with Crippen LogP contribution in [0, 0.1) is 0 Å². The van der Waals surface area contributed by atoms with E-state index in [1.54, 1.807) is 0 Å². The Kier molecular flexibility index (Phi) is 2.39. The monoisotopic (exact) mass is 186 g/mol. The van der Waals surface area contributed by atoms with Gasteiger partial charge in [0.15, 0.2) is 5.69 Å². The third-order valence-corrected chi connectivity index (χ3v) is 2.03. The van der Waals surface area contributed by atoms with Gasteiger partial charge in [-0.05, 0) is 0 Å². The van der Waals surface area contributed by atoms with Gasteiger partial charge >= 0.3 is 5.97 Å². The number of nitrogens with one attached hydrogen (secondary N) is 1. The molecule has 0 radical (unpaired) electrons. The van der Waals surface area contributed by atoms with Gasteiger partial charge in [-0.3, -0.25) is 4.79 Å². The van der Waals surface area contributed by atoms with Crippen LogP contribution in [0.4, 0.5) is 0 Å². The van der Waals surface area contributed by atoms with E-state index < -0.39 is 11.9 Å². The van der Waals surface area contributed by atoms with Gasteiger partial charge in [0.2, 0.25) is 0 Å². The lowest BCUT2D eigenvalue weighted by Crippen LogP contribution is -2.19. The van der Waals surface area contributed by atoms with Crippen molar-refractivity contribution in [3.8, 4) is 0 Å². The molecule has 5 nitrogen and oxygen atoms in total. The van der Waals surface area contributed by atoms with Crippen LogP contribution >= 0.6 is 11.3 Å². The van der Waals surface area contributed by atoms with Crippen LogP contribution in [0.3, 0.4) is 0 Å². The highest BCUT2D eigenvalue weighted by atomic mass is 32.1. The number of nitrogens with zero attached hydrogens (tertiary/aromatic N) is 1. The second-order valence-electron chi connectivity index (χ2n) is 1.91. The highest BCUT2D eigenvalue weighted by molar-refractivity contribution is 7.12. The minimum absolute atomic E-state index is 0.130. The average molecular weight is 186 g/mol. The summed E-state index contributed by atoms with van der Waals surface area (Å²) in [6.45, 7) is 0. The predicted molar refractivity (Wildman–Crippen MR) is 42.5 cm³/mol. The molecule has 1 rings (SSSR count). The third kappa shape index (κ3) is 1.42. The van der Waals surface area contributed by atoms with Crippen molar-refractivity contribution < 1.29 is 14.7 Å². The third-order valence-electron chi connectivity index (χ3n) is 1.20. The molecule has 1 aromatic heterocycles. The van der Waals surface area contributed by atoms with Gasteiger partial charge in [-0.2, -0.15) is 0 Å². The maximum absolute atomic E-state index is 11.0. The Balaban J connectivity index is 3.07. The Bertz CT molecular complexity index is 320. The van der Waals surface area contributed by atoms with Crippen molar-refractivity contribution in [1.29, 1.82) is 0 Å². The molecule has 0 aliphatic heterocycles. The SMILES string of the molecule is CNC(=O)c1scnc1C(=O)O. The molecule has 64 valence electrons. The molecule has 2 N–H and O–H groups in total. The van der Waals surface area contributed by atoms with Crippen molar-refractivity contribution in [1.82, 2.24) is 10.3 Å². The number of aromatic carboxylic acids is 1. The molecule has 0 aliphatic carbocycles. The maximum Gasteiger partial charge on any atom is 0.356 e. The van der Waals surface area contributed by atoms with Crippen molar-refractivity contribution in [2.75, 3.05) is 7.05 Å². The minimum Gasteiger partial charge on any atom is -0.476 e. The highest BCUT2D eigenvalue weighted by Crippen LogP contribution is 2.12. The number of carbonyl (C=O) groups excluding carboxylic acids is 1. The molecule has 12 heavy (non-hydrogen) atoms. The number of hydrogen-bond acceptors (Lipinski definition) is 4. The zero-order chi connectivity index (χ0) is 9.14. The molecule has 0 atom stereocenters. The lowest BCUT2D eigenvalue weighted by molar-refractivity contribution is 0.0686. The number of thiazole rings is 1. The van der Waals surface area contributed by atoms with E-state index in [9.17, 15) is 9.59 Å². The van der Waals surface area contributed by atoms with E-state index >= 15 is 0 Å². The molecule has 0 saturated heterocycles. The molecule has 1 aromatic rings. The molecular weight excluding hydrogens is 180 g/mol. The Hall–Kier alpha value is -1.43. The Morgan fingerprint density at radius 1 is 1.67 bits per heavy atom. The summed E-state index contributed by atoms with van der Waals surface area (Å²) in [5, 5.41) is 10.9. The number of carbonyl (C=O) groups is 2. The van der Waals surface area contributed by atoms with Gasteiger partial charge in [0.25, 0.3) is 5.91 Å². The van der Waals surface area contributed by atoms with E-state index in [0.717, 1.165) is 11.3 Å². The van der Waals surface area contributed by atoms with Crippen LogP contribution in [0.5, 0.6) is 0 Å². The topological polar surface area (TPSA) is 79.3 Å². The first-order chi connectivity index (χ1) is 5.66. The van der Waals surface area contributed by atoms with Crippen molar-refractivity contribution in [3.05, 3.63) is 16.1 Å². The smallest absolute Gasteiger partial charge is 0.356 e. The zero-order valence-corrected chi connectivity index (χ0v) is 7.01. The van der Waals surface area contributed by atoms with Gasteiger partial charge in [0.05, 0.1) is 5.51 Å². The van der Waals surface area contributed by atoms with Crippen LogP contribution in [0.25, 0.3) is 0 Å². The second kappa shape index (κ2) is 3.31. The number of rotatable bonds is 2. The fourth-order valence-corrected chi connectivity index (χ4v) is 1.40. The van der Waals surface area contributed by atoms with Crippen molar-refractivity contribution in [2.24, 2.45) is 0 Å². The fourth-order valence-electron chi connectivity index (χ4n) is 0.673. The summed E-state index contributed by atoms with van der Waals surface area (Å²) in [4.78, 5) is 25.1. The number of aromatic nitrogens is 1. The zero-order valence-electron chi connectivity index (χ0n) is 6.20. The maximum atomic E-state index is 11.0. The van der Waals surface area contributed by atoms with Gasteiger partial charge in [0.1, 0.15) is 4.88 Å². The van der Waals surface area contributed by atoms with Gasteiger partial charge in [0, 0.05) is 7.05 Å². The molecule has 0 aromatic carbocycles. The summed E-state index contributed by atoms with van der Waals surface area (Å²) in [6, 6.07) is 0. The van der Waals surface area contributed by atoms with Gasteiger partial charge in [-0.25, -0.2) is 9.78 Å². The quantitative estimate of drug-likeness (QED) is 0.691. The molecule has 6 heteroatoms. The Morgan fingerprint density at radius 3 is 2.83 bits per heavy atom. The van der Waals surface area contributed by atoms with Gasteiger partial charge in [-0.15, -0.1) is 11.3 Å². The van der Waals surface area contributed by atoms with Crippen LogP contribution in [0.2, 0.25) is 0 Å². The lowest BCUT2D eigenvalue weighted by Gasteiger charge is -1.94. The van der Waals surface area contributed by atoms with E-state index in [4.69, 9.17) is 5.11 Å². The summed E-state index contributed by atoms with van der Waals surface area (Å²) in [7, 11) is 1.44. The standard InChI is InChI=1S/C6H6N2O3S/c1-7-5(9)4-3(6(10)11)8-2-12-4/h2H,1H3,(H,7,9)(H,10,11). The van der Waals surface area contributed by atoms with E-state index in [2.05, 4.69) is 10.3 Å². The molecule has 1 heterocycles. The summed E-state index contributed by atoms with van der Waals surface area (Å²) in [5.74, 6) is -1.61. The van der Waals surface area contributed by atoms with E-state index in [0.29, 0.717) is 0 Å². The van der Waals surface area contributed by atoms with Crippen molar-refractivity contribution in [3.63, 3.8) is 0 Å². The predicted octanol–water partition coefficient (Wildman–Crippen LogP) is 0.201. The van der Waals surface area contributed by atoms with E-state index in [1.807, 2.05) is 0 Å². The first-order valence-electron chi connectivity index (χ1n) is 3.05. The van der Waals surface area contributed by atoms with Crippen molar-refractivity contribution >= 4 is 23.2 Å². The van der Waals surface area contributed by atoms with Crippen LogP contribution < -0.4 is 5.32 Å². The van der Waals surface area contributed by atoms with Crippen LogP contribution in [-0.4, -0.2) is 29.0 Å². The van der Waals surface area contributed by atoms with Crippen LogP contribution in [0.1, 0.15) is 20.2 Å². The summed E-state index contributed by atoms with van der Waals surface area (Å²) < 4.78 is 0. The average Bonchev–Trinajstić information content (AvgIpc) is 2.50. The fraction of sp³-hybridized carbons (Fsp3) is 0.167. The summed E-state index contributed by atoms with van der Waals surface area (Å²) >= 11 is 1.01. The summed E-state index contributed by atoms with van der Waals surface area (Å²) in [5.41, 5.74) is 1.13. The molecular formula is C6H6N2O3S. The molecule has 1 amide bonds. The first kappa shape index (κ1) is 8.66. The number of amides is 1. The molecule has 0 saturated carbocycles. The highest BCUT2D eigenvalue weighted by Gasteiger charge is 2.18. The van der Waals surface area contributed by atoms with Crippen molar-refractivity contribution in [2.45, 2.75) is 0 Å². The lowest BCUT2D eigenvalue weighted by atomic mass is 10.3. The molecule has 0 fully saturated rings. The molecule has 0 unspecified atom stereocenters. The molecule has 0 bridgehead atoms. The first-order valence-corrected chi connectivity index (χ1v) is 3.93. The minimum atomic E-state index is -1.19. The van der Waals surface area contributed by atoms with E-state index in [-0.39, 0.29) is 10.6 Å². The normalized spacial score (nSPS) is 9.42.